The Kier molecular flexibility index (Phi) is 5.02. The molecule has 0 spiro atoms. The molecule has 1 aromatic heterocycles. The molecular weight excluding hydrogens is 403 g/mol. The number of primary sulfonamides is 1. The summed E-state index contributed by atoms with van der Waals surface area (Å²) in [5.74, 6) is -1.11. The number of rotatable bonds is 4. The summed E-state index contributed by atoms with van der Waals surface area (Å²) < 4.78 is 64.3. The monoisotopic (exact) mass is 415 g/mol. The highest BCUT2D eigenvalue weighted by Gasteiger charge is 2.20. The van der Waals surface area contributed by atoms with Crippen LogP contribution in [-0.4, -0.2) is 18.2 Å². The van der Waals surface area contributed by atoms with Gasteiger partial charge in [0.1, 0.15) is 16.4 Å². The Morgan fingerprint density at radius 3 is 2.41 bits per heavy atom. The Hall–Kier alpha value is -2.36. The molecule has 0 saturated heterocycles. The minimum atomic E-state index is -4.26. The van der Waals surface area contributed by atoms with E-state index in [1.807, 2.05) is 0 Å². The lowest BCUT2D eigenvalue weighted by Crippen LogP contribution is -2.14. The van der Waals surface area contributed by atoms with E-state index in [9.17, 15) is 21.6 Å². The van der Waals surface area contributed by atoms with E-state index in [0.717, 1.165) is 28.4 Å². The van der Waals surface area contributed by atoms with Gasteiger partial charge in [0, 0.05) is 16.7 Å². The van der Waals surface area contributed by atoms with Gasteiger partial charge in [-0.05, 0) is 36.8 Å². The molecule has 10 heteroatoms. The predicted octanol–water partition coefficient (Wildman–Crippen LogP) is 4.23. The van der Waals surface area contributed by atoms with Crippen molar-refractivity contribution in [2.45, 2.75) is 18.2 Å². The zero-order valence-electron chi connectivity index (χ0n) is 13.8. The van der Waals surface area contributed by atoms with Crippen LogP contribution in [0.4, 0.5) is 13.2 Å². The predicted molar refractivity (Wildman–Crippen MR) is 95.0 cm³/mol. The Bertz CT molecular complexity index is 1130. The number of aromatic nitrogens is 2. The molecule has 0 aliphatic heterocycles. The second-order valence-corrected chi connectivity index (χ2v) is 7.73. The van der Waals surface area contributed by atoms with Crippen molar-refractivity contribution < 1.29 is 21.6 Å². The van der Waals surface area contributed by atoms with Gasteiger partial charge in [0.05, 0.1) is 11.4 Å². The molecule has 3 rings (SSSR count). The molecule has 0 unspecified atom stereocenters. The number of nitrogens with two attached hydrogens (primary N) is 1. The average molecular weight is 416 g/mol. The Labute approximate surface area is 158 Å². The van der Waals surface area contributed by atoms with Crippen molar-refractivity contribution in [1.82, 2.24) is 9.78 Å². The van der Waals surface area contributed by atoms with E-state index in [4.69, 9.17) is 16.7 Å². The molecule has 1 heterocycles. The lowest BCUT2D eigenvalue weighted by molar-refractivity contribution is 0.145. The molecule has 0 radical (unpaired) electrons. The molecule has 0 fully saturated rings. The molecule has 0 saturated carbocycles. The summed E-state index contributed by atoms with van der Waals surface area (Å²) in [4.78, 5) is -0.701. The van der Waals surface area contributed by atoms with E-state index in [2.05, 4.69) is 5.10 Å². The van der Waals surface area contributed by atoms with Gasteiger partial charge < -0.3 is 0 Å². The molecule has 0 aliphatic rings. The van der Waals surface area contributed by atoms with Crippen LogP contribution in [0.1, 0.15) is 17.7 Å². The molecule has 27 heavy (non-hydrogen) atoms. The maximum absolute atomic E-state index is 14.2. The van der Waals surface area contributed by atoms with Gasteiger partial charge in [0.15, 0.2) is 0 Å². The van der Waals surface area contributed by atoms with E-state index in [1.165, 1.54) is 6.07 Å². The zero-order chi connectivity index (χ0) is 19.9. The summed E-state index contributed by atoms with van der Waals surface area (Å²) in [6, 6.07) is 9.16. The molecule has 0 atom stereocenters. The number of sulfonamides is 1. The van der Waals surface area contributed by atoms with Crippen LogP contribution in [0.25, 0.3) is 16.9 Å². The first-order chi connectivity index (χ1) is 12.6. The Morgan fingerprint density at radius 1 is 1.15 bits per heavy atom. The van der Waals surface area contributed by atoms with Crippen LogP contribution < -0.4 is 5.14 Å². The highest BCUT2D eigenvalue weighted by atomic mass is 35.5. The largest absolute Gasteiger partial charge is 0.282 e. The van der Waals surface area contributed by atoms with Gasteiger partial charge in [0.2, 0.25) is 10.0 Å². The molecule has 0 aliphatic carbocycles. The van der Waals surface area contributed by atoms with Crippen LogP contribution in [0.15, 0.2) is 47.4 Å². The SMILES string of the molecule is Cc1ccc(-c2cc(C(F)F)nn2-c2ccc(S(N)(=O)=O)c(F)c2)cc1Cl. The fourth-order valence-electron chi connectivity index (χ4n) is 2.51. The number of hydrogen-bond donors (Lipinski definition) is 1. The van der Waals surface area contributed by atoms with Crippen molar-refractivity contribution in [3.63, 3.8) is 0 Å². The third-order valence-corrected chi connectivity index (χ3v) is 5.24. The molecule has 0 bridgehead atoms. The van der Waals surface area contributed by atoms with Crippen molar-refractivity contribution in [3.8, 4) is 16.9 Å². The summed E-state index contributed by atoms with van der Waals surface area (Å²) in [7, 11) is -4.26. The van der Waals surface area contributed by atoms with Gasteiger partial charge >= 0.3 is 0 Å². The molecular formula is C17H13ClF3N3O2S. The van der Waals surface area contributed by atoms with Crippen LogP contribution in [0.3, 0.4) is 0 Å². The van der Waals surface area contributed by atoms with E-state index in [0.29, 0.717) is 10.6 Å². The molecule has 0 amide bonds. The van der Waals surface area contributed by atoms with Gasteiger partial charge in [-0.1, -0.05) is 23.7 Å². The van der Waals surface area contributed by atoms with Crippen molar-refractivity contribution in [2.24, 2.45) is 5.14 Å². The number of benzene rings is 2. The van der Waals surface area contributed by atoms with Crippen molar-refractivity contribution in [2.75, 3.05) is 0 Å². The molecule has 2 N–H and O–H groups in total. The fraction of sp³-hybridized carbons (Fsp3) is 0.118. The second-order valence-electron chi connectivity index (χ2n) is 5.79. The maximum atomic E-state index is 14.2. The standard InChI is InChI=1S/C17H13ClF3N3O2S/c1-9-2-3-10(6-12(9)18)15-8-14(17(20)21)23-24(15)11-4-5-16(13(19)7-11)27(22,25)26/h2-8,17H,1H3,(H2,22,25,26). The highest BCUT2D eigenvalue weighted by molar-refractivity contribution is 7.89. The number of aryl methyl sites for hydroxylation is 1. The third kappa shape index (κ3) is 3.85. The highest BCUT2D eigenvalue weighted by Crippen LogP contribution is 2.31. The quantitative estimate of drug-likeness (QED) is 0.692. The molecule has 2 aromatic carbocycles. The van der Waals surface area contributed by atoms with E-state index in [1.54, 1.807) is 25.1 Å². The minimum Gasteiger partial charge on any atom is -0.233 e. The van der Waals surface area contributed by atoms with E-state index in [-0.39, 0.29) is 11.4 Å². The number of nitrogens with zero attached hydrogens (tertiary/aromatic N) is 2. The fourth-order valence-corrected chi connectivity index (χ4v) is 3.28. The van der Waals surface area contributed by atoms with Crippen LogP contribution in [0.5, 0.6) is 0 Å². The topological polar surface area (TPSA) is 78.0 Å². The Morgan fingerprint density at radius 2 is 1.85 bits per heavy atom. The van der Waals surface area contributed by atoms with Crippen molar-refractivity contribution >= 4 is 21.6 Å². The molecule has 3 aromatic rings. The number of hydrogen-bond acceptors (Lipinski definition) is 3. The van der Waals surface area contributed by atoms with Crippen LogP contribution in [0.2, 0.25) is 5.02 Å². The summed E-state index contributed by atoms with van der Waals surface area (Å²) in [6.45, 7) is 1.79. The van der Waals surface area contributed by atoms with E-state index >= 15 is 0 Å². The van der Waals surface area contributed by atoms with Gasteiger partial charge in [-0.25, -0.2) is 31.4 Å². The minimum absolute atomic E-state index is 0.0542. The van der Waals surface area contributed by atoms with Gasteiger partial charge in [-0.3, -0.25) is 0 Å². The summed E-state index contributed by atoms with van der Waals surface area (Å²) >= 11 is 6.11. The first-order valence-corrected chi connectivity index (χ1v) is 9.47. The summed E-state index contributed by atoms with van der Waals surface area (Å²) in [5.41, 5.74) is 1.07. The lowest BCUT2D eigenvalue weighted by atomic mass is 10.1. The summed E-state index contributed by atoms with van der Waals surface area (Å²) in [5, 5.41) is 9.18. The van der Waals surface area contributed by atoms with Crippen LogP contribution >= 0.6 is 11.6 Å². The van der Waals surface area contributed by atoms with Crippen LogP contribution in [0, 0.1) is 12.7 Å². The van der Waals surface area contributed by atoms with Crippen molar-refractivity contribution in [3.05, 3.63) is 64.6 Å². The first kappa shape index (κ1) is 19.4. The van der Waals surface area contributed by atoms with Crippen molar-refractivity contribution in [1.29, 1.82) is 0 Å². The normalized spacial score (nSPS) is 12.0. The molecule has 5 nitrogen and oxygen atoms in total. The smallest absolute Gasteiger partial charge is 0.233 e. The third-order valence-electron chi connectivity index (χ3n) is 3.89. The zero-order valence-corrected chi connectivity index (χ0v) is 15.4. The number of alkyl halides is 2. The van der Waals surface area contributed by atoms with Gasteiger partial charge in [-0.2, -0.15) is 5.10 Å². The second kappa shape index (κ2) is 6.99. The van der Waals surface area contributed by atoms with Crippen LogP contribution in [-0.2, 0) is 10.0 Å². The number of halogens is 4. The lowest BCUT2D eigenvalue weighted by Gasteiger charge is -2.10. The Balaban J connectivity index is 2.20. The van der Waals surface area contributed by atoms with E-state index < -0.39 is 32.9 Å². The van der Waals surface area contributed by atoms with Gasteiger partial charge in [0.25, 0.3) is 6.43 Å². The van der Waals surface area contributed by atoms with Gasteiger partial charge in [-0.15, -0.1) is 0 Å². The molecule has 142 valence electrons. The maximum Gasteiger partial charge on any atom is 0.282 e. The first-order valence-electron chi connectivity index (χ1n) is 7.55. The average Bonchev–Trinajstić information content (AvgIpc) is 3.01. The summed E-state index contributed by atoms with van der Waals surface area (Å²) in [6.07, 6.45) is -2.85.